The van der Waals surface area contributed by atoms with Crippen LogP contribution in [0.5, 0.6) is 0 Å². The molecule has 1 unspecified atom stereocenters. The van der Waals surface area contributed by atoms with Crippen molar-refractivity contribution < 1.29 is 24.2 Å². The lowest BCUT2D eigenvalue weighted by atomic mass is 10.0. The molecule has 0 radical (unpaired) electrons. The van der Waals surface area contributed by atoms with Crippen LogP contribution in [0.25, 0.3) is 0 Å². The van der Waals surface area contributed by atoms with E-state index in [0.29, 0.717) is 32.4 Å². The van der Waals surface area contributed by atoms with Crippen LogP contribution in [0.4, 0.5) is 4.79 Å². The molecule has 7 heteroatoms. The number of amides is 1. The Hall–Kier alpha value is -1.60. The van der Waals surface area contributed by atoms with Crippen LogP contribution in [0.3, 0.4) is 0 Å². The molecule has 0 heterocycles. The van der Waals surface area contributed by atoms with E-state index in [1.165, 1.54) is 19.3 Å². The number of nitrogens with one attached hydrogen (secondary N) is 1. The van der Waals surface area contributed by atoms with Gasteiger partial charge < -0.3 is 25.6 Å². The smallest absolute Gasteiger partial charge is 0.407 e. The van der Waals surface area contributed by atoms with Crippen molar-refractivity contribution in [2.75, 3.05) is 19.8 Å². The second kappa shape index (κ2) is 12.8. The second-order valence-corrected chi connectivity index (χ2v) is 5.98. The number of hydrogen-bond donors (Lipinski definition) is 3. The number of carboxylic acids is 1. The molecule has 0 saturated carbocycles. The zero-order chi connectivity index (χ0) is 17.6. The first-order chi connectivity index (χ1) is 11.6. The second-order valence-electron chi connectivity index (χ2n) is 5.98. The van der Waals surface area contributed by atoms with Crippen molar-refractivity contribution in [2.24, 2.45) is 5.73 Å². The van der Waals surface area contributed by atoms with Gasteiger partial charge in [0, 0.05) is 6.54 Å². The van der Waals surface area contributed by atoms with Gasteiger partial charge in [-0.25, -0.2) is 4.79 Å². The number of unbranched alkanes of at least 4 members (excludes halogenated alkanes) is 1. The maximum atomic E-state index is 11.5. The van der Waals surface area contributed by atoms with Crippen molar-refractivity contribution in [3.8, 4) is 0 Å². The van der Waals surface area contributed by atoms with E-state index < -0.39 is 18.1 Å². The standard InChI is InChI=1S/C17H30N2O5/c18-15(16(20)21)10-6-7-11-19-17(22)24-13-12-23-14-8-4-2-1-3-5-9-14/h4,8,14-15H,1-3,5-7,9-13,18H2,(H,19,22)(H,20,21)/b8-4-/t14?,15-/m0/s1. The Morgan fingerprint density at radius 3 is 2.88 bits per heavy atom. The maximum absolute atomic E-state index is 11.5. The number of carbonyl (C=O) groups excluding carboxylic acids is 1. The van der Waals surface area contributed by atoms with E-state index in [1.807, 2.05) is 0 Å². The zero-order valence-electron chi connectivity index (χ0n) is 14.2. The highest BCUT2D eigenvalue weighted by Crippen LogP contribution is 2.13. The number of allylic oxidation sites excluding steroid dienone is 1. The summed E-state index contributed by atoms with van der Waals surface area (Å²) in [5, 5.41) is 11.3. The fourth-order valence-corrected chi connectivity index (χ4v) is 2.46. The Morgan fingerprint density at radius 1 is 1.25 bits per heavy atom. The molecule has 1 aliphatic rings. The van der Waals surface area contributed by atoms with E-state index in [2.05, 4.69) is 17.5 Å². The largest absolute Gasteiger partial charge is 0.480 e. The number of ether oxygens (including phenoxy) is 2. The number of hydrogen-bond acceptors (Lipinski definition) is 5. The van der Waals surface area contributed by atoms with E-state index in [4.69, 9.17) is 20.3 Å². The van der Waals surface area contributed by atoms with Crippen molar-refractivity contribution in [2.45, 2.75) is 63.5 Å². The minimum Gasteiger partial charge on any atom is -0.480 e. The molecule has 24 heavy (non-hydrogen) atoms. The summed E-state index contributed by atoms with van der Waals surface area (Å²) in [7, 11) is 0. The van der Waals surface area contributed by atoms with Crippen LogP contribution in [0.1, 0.15) is 51.4 Å². The van der Waals surface area contributed by atoms with Gasteiger partial charge >= 0.3 is 12.1 Å². The molecule has 0 bridgehead atoms. The molecular formula is C17H30N2O5. The molecule has 2 atom stereocenters. The summed E-state index contributed by atoms with van der Waals surface area (Å²) in [6.07, 6.45) is 11.4. The van der Waals surface area contributed by atoms with Gasteiger partial charge in [-0.05, 0) is 38.5 Å². The molecule has 1 rings (SSSR count). The topological polar surface area (TPSA) is 111 Å². The number of rotatable bonds is 10. The lowest BCUT2D eigenvalue weighted by molar-refractivity contribution is -0.138. The molecule has 4 N–H and O–H groups in total. The van der Waals surface area contributed by atoms with Crippen molar-refractivity contribution in [1.82, 2.24) is 5.32 Å². The average Bonchev–Trinajstić information content (AvgIpc) is 2.52. The Balaban J connectivity index is 1.97. The first kappa shape index (κ1) is 20.4. The van der Waals surface area contributed by atoms with Gasteiger partial charge in [0.25, 0.3) is 0 Å². The summed E-state index contributed by atoms with van der Waals surface area (Å²) in [5.41, 5.74) is 5.39. The van der Waals surface area contributed by atoms with E-state index in [-0.39, 0.29) is 12.7 Å². The van der Waals surface area contributed by atoms with Gasteiger partial charge in [0.15, 0.2) is 0 Å². The summed E-state index contributed by atoms with van der Waals surface area (Å²) in [5.74, 6) is -0.999. The van der Waals surface area contributed by atoms with Gasteiger partial charge in [-0.1, -0.05) is 25.0 Å². The summed E-state index contributed by atoms with van der Waals surface area (Å²) >= 11 is 0. The molecule has 138 valence electrons. The number of carboxylic acid groups (broad SMARTS) is 1. The summed E-state index contributed by atoms with van der Waals surface area (Å²) < 4.78 is 10.7. The van der Waals surface area contributed by atoms with E-state index in [0.717, 1.165) is 12.8 Å². The van der Waals surface area contributed by atoms with E-state index >= 15 is 0 Å². The Kier molecular flexibility index (Phi) is 10.9. The third-order valence-corrected chi connectivity index (χ3v) is 3.89. The number of aliphatic carboxylic acids is 1. The molecular weight excluding hydrogens is 312 g/mol. The molecule has 0 aromatic heterocycles. The van der Waals surface area contributed by atoms with Gasteiger partial charge in [0.05, 0.1) is 12.7 Å². The van der Waals surface area contributed by atoms with Crippen LogP contribution in [-0.4, -0.2) is 49.1 Å². The number of carbonyl (C=O) groups is 2. The number of nitrogens with two attached hydrogens (primary N) is 1. The summed E-state index contributed by atoms with van der Waals surface area (Å²) in [6, 6.07) is -0.837. The maximum Gasteiger partial charge on any atom is 0.407 e. The Morgan fingerprint density at radius 2 is 2.08 bits per heavy atom. The fourth-order valence-electron chi connectivity index (χ4n) is 2.46. The molecule has 1 aliphatic carbocycles. The Bertz CT molecular complexity index is 400. The van der Waals surface area contributed by atoms with Crippen LogP contribution in [0.15, 0.2) is 12.2 Å². The van der Waals surface area contributed by atoms with Crippen LogP contribution < -0.4 is 11.1 Å². The average molecular weight is 342 g/mol. The lowest BCUT2D eigenvalue weighted by Crippen LogP contribution is -2.30. The van der Waals surface area contributed by atoms with Gasteiger partial charge in [-0.2, -0.15) is 0 Å². The van der Waals surface area contributed by atoms with Crippen molar-refractivity contribution in [3.63, 3.8) is 0 Å². The molecule has 0 aromatic carbocycles. The van der Waals surface area contributed by atoms with Crippen LogP contribution in [0, 0.1) is 0 Å². The monoisotopic (exact) mass is 342 g/mol. The molecule has 0 saturated heterocycles. The normalized spacial score (nSPS) is 20.5. The summed E-state index contributed by atoms with van der Waals surface area (Å²) in [6.45, 7) is 1.05. The zero-order valence-corrected chi connectivity index (χ0v) is 14.2. The van der Waals surface area contributed by atoms with E-state index in [9.17, 15) is 9.59 Å². The third-order valence-electron chi connectivity index (χ3n) is 3.89. The van der Waals surface area contributed by atoms with Crippen LogP contribution in [-0.2, 0) is 14.3 Å². The van der Waals surface area contributed by atoms with Crippen LogP contribution in [0.2, 0.25) is 0 Å². The number of alkyl carbamates (subject to hydrolysis) is 1. The highest BCUT2D eigenvalue weighted by atomic mass is 16.6. The molecule has 7 nitrogen and oxygen atoms in total. The minimum absolute atomic E-state index is 0.121. The highest BCUT2D eigenvalue weighted by Gasteiger charge is 2.10. The fraction of sp³-hybridized carbons (Fsp3) is 0.765. The van der Waals surface area contributed by atoms with Crippen molar-refractivity contribution in [1.29, 1.82) is 0 Å². The van der Waals surface area contributed by atoms with Gasteiger partial charge in [0.1, 0.15) is 12.6 Å². The van der Waals surface area contributed by atoms with Gasteiger partial charge in [-0.3, -0.25) is 4.79 Å². The van der Waals surface area contributed by atoms with Gasteiger partial charge in [-0.15, -0.1) is 0 Å². The predicted molar refractivity (Wildman–Crippen MR) is 90.8 cm³/mol. The molecule has 0 fully saturated rings. The molecule has 0 spiro atoms. The van der Waals surface area contributed by atoms with Crippen molar-refractivity contribution >= 4 is 12.1 Å². The molecule has 1 amide bonds. The minimum atomic E-state index is -0.999. The first-order valence-corrected chi connectivity index (χ1v) is 8.77. The Labute approximate surface area is 143 Å². The highest BCUT2D eigenvalue weighted by molar-refractivity contribution is 5.72. The first-order valence-electron chi connectivity index (χ1n) is 8.77. The van der Waals surface area contributed by atoms with Crippen molar-refractivity contribution in [3.05, 3.63) is 12.2 Å². The lowest BCUT2D eigenvalue weighted by Gasteiger charge is -2.16. The quantitative estimate of drug-likeness (QED) is 0.414. The van der Waals surface area contributed by atoms with Crippen LogP contribution >= 0.6 is 0 Å². The predicted octanol–water partition coefficient (Wildman–Crippen LogP) is 2.20. The SMILES string of the molecule is N[C@@H](CCCCNC(=O)OCCOC1/C=C\CCCCC1)C(=O)O. The third kappa shape index (κ3) is 10.2. The summed E-state index contributed by atoms with van der Waals surface area (Å²) in [4.78, 5) is 22.0. The molecule has 0 aliphatic heterocycles. The molecule has 0 aromatic rings. The van der Waals surface area contributed by atoms with Gasteiger partial charge in [0.2, 0.25) is 0 Å². The van der Waals surface area contributed by atoms with E-state index in [1.54, 1.807) is 0 Å².